The van der Waals surface area contributed by atoms with Gasteiger partial charge in [-0.05, 0) is 77.9 Å². The molecule has 0 bridgehead atoms. The third-order valence-electron chi connectivity index (χ3n) is 7.00. The van der Waals surface area contributed by atoms with Crippen LogP contribution < -0.4 is 15.0 Å². The SMILES string of the molecule is COc1cc(C)c(/C(O)=C2\C(=O)C(=O)N(c3ccc(NC(C)=O)cc3)C2c2ccc(C(C)(C)C)cc2)cc1C. The number of ketones is 1. The predicted octanol–water partition coefficient (Wildman–Crippen LogP) is 6.19. The van der Waals surface area contributed by atoms with Gasteiger partial charge < -0.3 is 15.2 Å². The second kappa shape index (κ2) is 10.4. The standard InChI is InChI=1S/C32H34N2O5/c1-18-17-26(39-7)19(2)16-25(18)29(36)27-28(21-8-10-22(11-9-21)32(4,5)6)34(31(38)30(27)37)24-14-12-23(13-15-24)33-20(3)35/h8-17,28,36H,1-7H3,(H,33,35)/b29-27+. The molecule has 39 heavy (non-hydrogen) atoms. The second-order valence-corrected chi connectivity index (χ2v) is 10.9. The number of nitrogens with zero attached hydrogens (tertiary/aromatic N) is 1. The fourth-order valence-corrected chi connectivity index (χ4v) is 4.90. The maximum Gasteiger partial charge on any atom is 0.300 e. The van der Waals surface area contributed by atoms with E-state index in [-0.39, 0.29) is 22.7 Å². The number of Topliss-reactive ketones (excluding diaryl/α,β-unsaturated/α-hetero) is 1. The summed E-state index contributed by atoms with van der Waals surface area (Å²) in [5.74, 6) is -1.29. The largest absolute Gasteiger partial charge is 0.507 e. The summed E-state index contributed by atoms with van der Waals surface area (Å²) in [7, 11) is 1.57. The van der Waals surface area contributed by atoms with Gasteiger partial charge in [0.05, 0.1) is 18.7 Å². The number of hydrogen-bond acceptors (Lipinski definition) is 5. The normalized spacial score (nSPS) is 16.9. The number of anilines is 2. The van der Waals surface area contributed by atoms with Crippen LogP contribution in [0.2, 0.25) is 0 Å². The first-order valence-electron chi connectivity index (χ1n) is 12.8. The molecule has 202 valence electrons. The minimum atomic E-state index is -0.854. The molecule has 0 spiro atoms. The summed E-state index contributed by atoms with van der Waals surface area (Å²) in [4.78, 5) is 39.9. The Morgan fingerprint density at radius 3 is 2.10 bits per heavy atom. The van der Waals surface area contributed by atoms with Crippen LogP contribution in [0.3, 0.4) is 0 Å². The van der Waals surface area contributed by atoms with E-state index < -0.39 is 17.7 Å². The van der Waals surface area contributed by atoms with E-state index in [9.17, 15) is 19.5 Å². The number of aryl methyl sites for hydroxylation is 2. The molecule has 1 aliphatic heterocycles. The van der Waals surface area contributed by atoms with Gasteiger partial charge in [0.1, 0.15) is 11.5 Å². The molecule has 1 unspecified atom stereocenters. The molecule has 0 radical (unpaired) electrons. The van der Waals surface area contributed by atoms with Crippen molar-refractivity contribution in [1.82, 2.24) is 0 Å². The van der Waals surface area contributed by atoms with E-state index in [4.69, 9.17) is 4.74 Å². The molecule has 2 N–H and O–H groups in total. The molecule has 2 amide bonds. The number of hydrogen-bond donors (Lipinski definition) is 2. The van der Waals surface area contributed by atoms with Crippen molar-refractivity contribution in [2.75, 3.05) is 17.3 Å². The van der Waals surface area contributed by atoms with Gasteiger partial charge in [0.25, 0.3) is 11.7 Å². The molecule has 1 atom stereocenters. The number of benzene rings is 3. The smallest absolute Gasteiger partial charge is 0.300 e. The van der Waals surface area contributed by atoms with Crippen LogP contribution in [0.5, 0.6) is 5.75 Å². The zero-order valence-corrected chi connectivity index (χ0v) is 23.4. The molecule has 0 aliphatic carbocycles. The van der Waals surface area contributed by atoms with Crippen molar-refractivity contribution in [1.29, 1.82) is 0 Å². The highest BCUT2D eigenvalue weighted by molar-refractivity contribution is 6.51. The lowest BCUT2D eigenvalue weighted by atomic mass is 9.85. The van der Waals surface area contributed by atoms with Crippen molar-refractivity contribution in [2.24, 2.45) is 0 Å². The van der Waals surface area contributed by atoms with Crippen molar-refractivity contribution >= 4 is 34.7 Å². The van der Waals surface area contributed by atoms with E-state index in [1.165, 1.54) is 11.8 Å². The number of carbonyl (C=O) groups excluding carboxylic acids is 3. The average molecular weight is 527 g/mol. The molecule has 0 saturated carbocycles. The van der Waals surface area contributed by atoms with Gasteiger partial charge in [-0.2, -0.15) is 0 Å². The molecule has 3 aromatic carbocycles. The number of nitrogens with one attached hydrogen (secondary N) is 1. The highest BCUT2D eigenvalue weighted by atomic mass is 16.5. The van der Waals surface area contributed by atoms with Crippen LogP contribution in [0.15, 0.2) is 66.2 Å². The van der Waals surface area contributed by atoms with Crippen molar-refractivity contribution in [3.8, 4) is 5.75 Å². The fraction of sp³-hybridized carbons (Fsp3) is 0.281. The third kappa shape index (κ3) is 5.30. The molecule has 7 heteroatoms. The van der Waals surface area contributed by atoms with Crippen LogP contribution in [0, 0.1) is 13.8 Å². The van der Waals surface area contributed by atoms with E-state index in [1.807, 2.05) is 38.1 Å². The van der Waals surface area contributed by atoms with Gasteiger partial charge >= 0.3 is 0 Å². The summed E-state index contributed by atoms with van der Waals surface area (Å²) < 4.78 is 5.41. The number of amides is 2. The van der Waals surface area contributed by atoms with Gasteiger partial charge in [0.2, 0.25) is 5.91 Å². The number of aliphatic hydroxyl groups excluding tert-OH is 1. The number of ether oxygens (including phenoxy) is 1. The molecule has 1 aliphatic rings. The lowest BCUT2D eigenvalue weighted by molar-refractivity contribution is -0.132. The highest BCUT2D eigenvalue weighted by Gasteiger charge is 2.47. The van der Waals surface area contributed by atoms with Gasteiger partial charge in [0, 0.05) is 23.9 Å². The summed E-state index contributed by atoms with van der Waals surface area (Å²) in [5.41, 5.74) is 4.72. The van der Waals surface area contributed by atoms with Crippen LogP contribution in [0.4, 0.5) is 11.4 Å². The van der Waals surface area contributed by atoms with Gasteiger partial charge in [-0.25, -0.2) is 0 Å². The van der Waals surface area contributed by atoms with E-state index in [1.54, 1.807) is 43.5 Å². The molecule has 0 aromatic heterocycles. The lowest BCUT2D eigenvalue weighted by Gasteiger charge is -2.27. The van der Waals surface area contributed by atoms with E-state index in [0.29, 0.717) is 33.8 Å². The Kier molecular flexibility index (Phi) is 7.37. The third-order valence-corrected chi connectivity index (χ3v) is 7.00. The molecular weight excluding hydrogens is 492 g/mol. The van der Waals surface area contributed by atoms with Gasteiger partial charge in [-0.15, -0.1) is 0 Å². The average Bonchev–Trinajstić information content (AvgIpc) is 3.14. The summed E-state index contributed by atoms with van der Waals surface area (Å²) >= 11 is 0. The lowest BCUT2D eigenvalue weighted by Crippen LogP contribution is -2.29. The quantitative estimate of drug-likeness (QED) is 0.235. The molecule has 1 saturated heterocycles. The Morgan fingerprint density at radius 1 is 0.949 bits per heavy atom. The first kappa shape index (κ1) is 27.6. The number of carbonyl (C=O) groups is 3. The zero-order valence-electron chi connectivity index (χ0n) is 23.4. The van der Waals surface area contributed by atoms with Crippen molar-refractivity contribution in [3.63, 3.8) is 0 Å². The minimum Gasteiger partial charge on any atom is -0.507 e. The topological polar surface area (TPSA) is 95.9 Å². The first-order valence-corrected chi connectivity index (χ1v) is 12.8. The maximum atomic E-state index is 13.6. The summed E-state index contributed by atoms with van der Waals surface area (Å²) in [6.07, 6.45) is 0. The predicted molar refractivity (Wildman–Crippen MR) is 153 cm³/mol. The Bertz CT molecular complexity index is 1480. The Hall–Kier alpha value is -4.39. The summed E-state index contributed by atoms with van der Waals surface area (Å²) in [5, 5.41) is 14.3. The fourth-order valence-electron chi connectivity index (χ4n) is 4.90. The highest BCUT2D eigenvalue weighted by Crippen LogP contribution is 2.43. The molecule has 7 nitrogen and oxygen atoms in total. The number of rotatable bonds is 5. The van der Waals surface area contributed by atoms with E-state index in [0.717, 1.165) is 11.1 Å². The van der Waals surface area contributed by atoms with Crippen molar-refractivity contribution in [2.45, 2.75) is 53.0 Å². The van der Waals surface area contributed by atoms with E-state index in [2.05, 4.69) is 26.1 Å². The van der Waals surface area contributed by atoms with Crippen molar-refractivity contribution in [3.05, 3.63) is 94.1 Å². The van der Waals surface area contributed by atoms with Crippen molar-refractivity contribution < 1.29 is 24.2 Å². The maximum absolute atomic E-state index is 13.6. The van der Waals surface area contributed by atoms with Crippen LogP contribution in [0.1, 0.15) is 61.6 Å². The second-order valence-electron chi connectivity index (χ2n) is 10.9. The number of methoxy groups -OCH3 is 1. The first-order chi connectivity index (χ1) is 18.3. The van der Waals surface area contributed by atoms with Crippen LogP contribution in [0.25, 0.3) is 5.76 Å². The summed E-state index contributed by atoms with van der Waals surface area (Å²) in [6.45, 7) is 11.4. The van der Waals surface area contributed by atoms with Gasteiger partial charge in [0.15, 0.2) is 0 Å². The monoisotopic (exact) mass is 526 g/mol. The van der Waals surface area contributed by atoms with E-state index >= 15 is 0 Å². The number of aliphatic hydroxyl groups is 1. The van der Waals surface area contributed by atoms with Gasteiger partial charge in [-0.3, -0.25) is 19.3 Å². The molecular formula is C32H34N2O5. The summed E-state index contributed by atoms with van der Waals surface area (Å²) in [6, 6.07) is 17.2. The van der Waals surface area contributed by atoms with Crippen LogP contribution in [-0.2, 0) is 19.8 Å². The Labute approximate surface area is 229 Å². The molecule has 1 heterocycles. The minimum absolute atomic E-state index is 0.0158. The Balaban J connectivity index is 1.92. The van der Waals surface area contributed by atoms with Crippen LogP contribution in [-0.4, -0.2) is 29.8 Å². The molecule has 1 fully saturated rings. The van der Waals surface area contributed by atoms with Gasteiger partial charge in [-0.1, -0.05) is 45.0 Å². The molecule has 4 rings (SSSR count). The van der Waals surface area contributed by atoms with Crippen LogP contribution >= 0.6 is 0 Å². The zero-order chi connectivity index (χ0) is 28.6. The Morgan fingerprint density at radius 2 is 1.56 bits per heavy atom. The molecule has 3 aromatic rings.